The Hall–Kier alpha value is -3.65. The van der Waals surface area contributed by atoms with E-state index in [0.29, 0.717) is 10.8 Å². The van der Waals surface area contributed by atoms with Crippen LogP contribution in [0.4, 0.5) is 10.1 Å². The summed E-state index contributed by atoms with van der Waals surface area (Å²) in [6.07, 6.45) is 0.0102. The lowest BCUT2D eigenvalue weighted by molar-refractivity contribution is -0.118. The van der Waals surface area contributed by atoms with E-state index in [2.05, 4.69) is 0 Å². The highest BCUT2D eigenvalue weighted by Gasteiger charge is 2.20. The molecule has 0 unspecified atom stereocenters. The number of rotatable bonds is 8. The van der Waals surface area contributed by atoms with E-state index in [1.165, 1.54) is 40.9 Å². The van der Waals surface area contributed by atoms with Gasteiger partial charge >= 0.3 is 0 Å². The van der Waals surface area contributed by atoms with E-state index >= 15 is 0 Å². The van der Waals surface area contributed by atoms with Crippen molar-refractivity contribution < 1.29 is 14.0 Å². The number of anilines is 1. The molecule has 4 rings (SSSR count). The van der Waals surface area contributed by atoms with Gasteiger partial charge in [0.15, 0.2) is 5.16 Å². The predicted octanol–water partition coefficient (Wildman–Crippen LogP) is 4.17. The van der Waals surface area contributed by atoms with Crippen LogP contribution in [0.1, 0.15) is 6.42 Å². The fourth-order valence-electron chi connectivity index (χ4n) is 3.37. The number of halogens is 1. The number of nitrogens with zero attached hydrogens (tertiary/aromatic N) is 3. The van der Waals surface area contributed by atoms with Gasteiger partial charge in [-0.2, -0.15) is 0 Å². The summed E-state index contributed by atoms with van der Waals surface area (Å²) >= 11 is 1.31. The van der Waals surface area contributed by atoms with Crippen LogP contribution in [0.25, 0.3) is 16.7 Å². The smallest absolute Gasteiger partial charge is 0.237 e. The number of aromatic nitrogens is 2. The van der Waals surface area contributed by atoms with Crippen LogP contribution in [0.2, 0.25) is 0 Å². The quantitative estimate of drug-likeness (QED) is 0.410. The Balaban J connectivity index is 1.60. The summed E-state index contributed by atoms with van der Waals surface area (Å²) < 4.78 is 15.4. The van der Waals surface area contributed by atoms with Crippen LogP contribution in [0.5, 0.6) is 0 Å². The van der Waals surface area contributed by atoms with E-state index < -0.39 is 11.7 Å². The first-order valence-electron chi connectivity index (χ1n) is 10.0. The lowest BCUT2D eigenvalue weighted by Crippen LogP contribution is -2.35. The second kappa shape index (κ2) is 9.65. The number of carbonyl (C=O) groups is 2. The number of hydrogen-bond donors (Lipinski definition) is 1. The van der Waals surface area contributed by atoms with E-state index in [4.69, 9.17) is 10.7 Å². The fourth-order valence-corrected chi connectivity index (χ4v) is 4.28. The van der Waals surface area contributed by atoms with Crippen molar-refractivity contribution >= 4 is 40.3 Å². The van der Waals surface area contributed by atoms with Crippen LogP contribution >= 0.6 is 11.8 Å². The summed E-state index contributed by atoms with van der Waals surface area (Å²) in [5, 5.41) is 0.680. The number of imidazole rings is 1. The van der Waals surface area contributed by atoms with E-state index in [0.717, 1.165) is 16.7 Å². The fraction of sp³-hybridized carbons (Fsp3) is 0.125. The first-order chi connectivity index (χ1) is 15.5. The van der Waals surface area contributed by atoms with Crippen LogP contribution in [0, 0.1) is 5.82 Å². The molecule has 0 aliphatic heterocycles. The molecule has 0 aliphatic rings. The molecule has 0 saturated heterocycles. The Morgan fingerprint density at radius 1 is 0.969 bits per heavy atom. The molecule has 0 aliphatic carbocycles. The zero-order valence-corrected chi connectivity index (χ0v) is 18.0. The topological polar surface area (TPSA) is 81.2 Å². The molecule has 0 radical (unpaired) electrons. The normalized spacial score (nSPS) is 10.9. The Morgan fingerprint density at radius 2 is 1.66 bits per heavy atom. The Labute approximate surface area is 188 Å². The lowest BCUT2D eigenvalue weighted by Gasteiger charge is -2.22. The standard InChI is InChI=1S/C24H21FN4O2S/c25-17-10-12-18(13-11-17)28(15-14-22(26)30)23(31)16-32-24-27-20-8-4-5-9-21(20)29(24)19-6-2-1-3-7-19/h1-13H,14-16H2,(H2,26,30). The zero-order chi connectivity index (χ0) is 22.5. The Kier molecular flexibility index (Phi) is 6.51. The largest absolute Gasteiger partial charge is 0.370 e. The number of thioether (sulfide) groups is 1. The summed E-state index contributed by atoms with van der Waals surface area (Å²) in [5.41, 5.74) is 8.51. The van der Waals surface area contributed by atoms with Crippen molar-refractivity contribution in [2.75, 3.05) is 17.2 Å². The van der Waals surface area contributed by atoms with Crippen molar-refractivity contribution in [3.63, 3.8) is 0 Å². The number of amides is 2. The molecular formula is C24H21FN4O2S. The number of nitrogens with two attached hydrogens (primary N) is 1. The van der Waals surface area contributed by atoms with Crippen molar-refractivity contribution in [1.29, 1.82) is 0 Å². The van der Waals surface area contributed by atoms with Gasteiger partial charge in [0.2, 0.25) is 11.8 Å². The summed E-state index contributed by atoms with van der Waals surface area (Å²) in [5.74, 6) is -1.05. The molecule has 0 spiro atoms. The molecule has 6 nitrogen and oxygen atoms in total. The number of carbonyl (C=O) groups excluding carboxylic acids is 2. The van der Waals surface area contributed by atoms with Gasteiger partial charge in [0.1, 0.15) is 5.82 Å². The van der Waals surface area contributed by atoms with Crippen LogP contribution in [0.15, 0.2) is 84.0 Å². The Morgan fingerprint density at radius 3 is 2.38 bits per heavy atom. The molecule has 0 atom stereocenters. The van der Waals surface area contributed by atoms with Crippen molar-refractivity contribution in [3.05, 3.63) is 84.7 Å². The SMILES string of the molecule is NC(=O)CCN(C(=O)CSc1nc2ccccc2n1-c1ccccc1)c1ccc(F)cc1. The van der Waals surface area contributed by atoms with E-state index in [1.807, 2.05) is 59.2 Å². The molecule has 2 amide bonds. The van der Waals surface area contributed by atoms with Gasteiger partial charge in [-0.25, -0.2) is 9.37 Å². The number of fused-ring (bicyclic) bond motifs is 1. The number of primary amides is 1. The Bertz CT molecular complexity index is 1240. The van der Waals surface area contributed by atoms with Gasteiger partial charge in [-0.15, -0.1) is 0 Å². The number of para-hydroxylation sites is 3. The van der Waals surface area contributed by atoms with Crippen LogP contribution in [-0.4, -0.2) is 33.7 Å². The van der Waals surface area contributed by atoms with Gasteiger partial charge in [0, 0.05) is 24.3 Å². The molecule has 32 heavy (non-hydrogen) atoms. The van der Waals surface area contributed by atoms with Gasteiger partial charge in [0.25, 0.3) is 0 Å². The minimum absolute atomic E-state index is 0.0102. The molecular weight excluding hydrogens is 427 g/mol. The molecule has 1 heterocycles. The third kappa shape index (κ3) is 4.81. The van der Waals surface area contributed by atoms with Gasteiger partial charge in [-0.05, 0) is 48.5 Å². The first-order valence-corrected chi connectivity index (χ1v) is 11.0. The molecule has 4 aromatic rings. The highest BCUT2D eigenvalue weighted by Crippen LogP contribution is 2.28. The van der Waals surface area contributed by atoms with Gasteiger partial charge < -0.3 is 10.6 Å². The minimum atomic E-state index is -0.511. The maximum atomic E-state index is 13.3. The third-order valence-electron chi connectivity index (χ3n) is 4.89. The molecule has 162 valence electrons. The highest BCUT2D eigenvalue weighted by molar-refractivity contribution is 7.99. The summed E-state index contributed by atoms with van der Waals surface area (Å²) in [4.78, 5) is 30.6. The van der Waals surface area contributed by atoms with E-state index in [-0.39, 0.29) is 24.6 Å². The van der Waals surface area contributed by atoms with Crippen LogP contribution in [-0.2, 0) is 9.59 Å². The summed E-state index contributed by atoms with van der Waals surface area (Å²) in [6, 6.07) is 23.2. The van der Waals surface area contributed by atoms with Gasteiger partial charge in [-0.1, -0.05) is 42.1 Å². The van der Waals surface area contributed by atoms with Crippen LogP contribution in [0.3, 0.4) is 0 Å². The predicted molar refractivity (Wildman–Crippen MR) is 124 cm³/mol. The number of benzene rings is 3. The molecule has 0 bridgehead atoms. The van der Waals surface area contributed by atoms with Gasteiger partial charge in [0.05, 0.1) is 16.8 Å². The molecule has 0 saturated carbocycles. The molecule has 8 heteroatoms. The third-order valence-corrected chi connectivity index (χ3v) is 5.81. The van der Waals surface area contributed by atoms with Crippen molar-refractivity contribution in [2.24, 2.45) is 5.73 Å². The van der Waals surface area contributed by atoms with E-state index in [1.54, 1.807) is 0 Å². The average Bonchev–Trinajstić information content (AvgIpc) is 3.17. The maximum Gasteiger partial charge on any atom is 0.237 e. The molecule has 1 aromatic heterocycles. The number of hydrogen-bond acceptors (Lipinski definition) is 4. The minimum Gasteiger partial charge on any atom is -0.370 e. The lowest BCUT2D eigenvalue weighted by atomic mass is 10.2. The average molecular weight is 449 g/mol. The van der Waals surface area contributed by atoms with Crippen molar-refractivity contribution in [2.45, 2.75) is 11.6 Å². The first kappa shape index (κ1) is 21.6. The zero-order valence-electron chi connectivity index (χ0n) is 17.1. The highest BCUT2D eigenvalue weighted by atomic mass is 32.2. The molecule has 0 fully saturated rings. The summed E-state index contributed by atoms with van der Waals surface area (Å²) in [6.45, 7) is 0.120. The van der Waals surface area contributed by atoms with E-state index in [9.17, 15) is 14.0 Å². The summed E-state index contributed by atoms with van der Waals surface area (Å²) in [7, 11) is 0. The second-order valence-corrected chi connectivity index (χ2v) is 8.02. The van der Waals surface area contributed by atoms with Gasteiger partial charge in [-0.3, -0.25) is 14.2 Å². The van der Waals surface area contributed by atoms with Crippen LogP contribution < -0.4 is 10.6 Å². The molecule has 2 N–H and O–H groups in total. The van der Waals surface area contributed by atoms with Crippen molar-refractivity contribution in [1.82, 2.24) is 9.55 Å². The maximum absolute atomic E-state index is 13.3. The monoisotopic (exact) mass is 448 g/mol. The second-order valence-electron chi connectivity index (χ2n) is 7.08. The molecule has 3 aromatic carbocycles. The van der Waals surface area contributed by atoms with Crippen molar-refractivity contribution in [3.8, 4) is 5.69 Å².